The van der Waals surface area contributed by atoms with E-state index >= 15 is 0 Å². The molecule has 3 atom stereocenters. The van der Waals surface area contributed by atoms with E-state index in [0.29, 0.717) is 44.7 Å². The highest BCUT2D eigenvalue weighted by molar-refractivity contribution is 7.89. The number of ether oxygens (including phenoxy) is 4. The van der Waals surface area contributed by atoms with Crippen LogP contribution in [-0.4, -0.2) is 80.0 Å². The van der Waals surface area contributed by atoms with E-state index in [0.717, 1.165) is 21.0 Å². The SMILES string of the molecule is CC(C)Cc1cc(S(=O)(=O)N(CN2CCOC2(C)C)C(=O)O[C@H]2CO[C@H]3OCC[C@H]32)cc(N)c1Cc1ccc(O)cc1. The van der Waals surface area contributed by atoms with E-state index < -0.39 is 34.2 Å². The number of hydrogen-bond donors (Lipinski definition) is 2. The first-order valence-electron chi connectivity index (χ1n) is 14.4. The second-order valence-corrected chi connectivity index (χ2v) is 14.0. The Morgan fingerprint density at radius 2 is 1.93 bits per heavy atom. The Labute approximate surface area is 247 Å². The molecule has 0 unspecified atom stereocenters. The molecule has 3 heterocycles. The zero-order valence-corrected chi connectivity index (χ0v) is 25.4. The average molecular weight is 604 g/mol. The lowest BCUT2D eigenvalue weighted by atomic mass is 9.92. The van der Waals surface area contributed by atoms with Crippen LogP contribution in [0.15, 0.2) is 41.3 Å². The van der Waals surface area contributed by atoms with Crippen LogP contribution in [-0.2, 0) is 41.8 Å². The number of rotatable bonds is 9. The number of amides is 1. The fraction of sp³-hybridized carbons (Fsp3) is 0.567. The molecule has 3 aliphatic heterocycles. The zero-order chi connectivity index (χ0) is 30.2. The quantitative estimate of drug-likeness (QED) is 0.408. The molecule has 0 saturated carbocycles. The van der Waals surface area contributed by atoms with Gasteiger partial charge in [0.1, 0.15) is 17.6 Å². The van der Waals surface area contributed by atoms with Gasteiger partial charge in [-0.05, 0) is 80.0 Å². The molecule has 0 spiro atoms. The Balaban J connectivity index is 1.49. The van der Waals surface area contributed by atoms with Gasteiger partial charge in [0, 0.05) is 12.2 Å². The summed E-state index contributed by atoms with van der Waals surface area (Å²) >= 11 is 0. The number of aromatic hydroxyl groups is 1. The lowest BCUT2D eigenvalue weighted by Crippen LogP contribution is -2.51. The number of phenolic OH excluding ortho intramolecular Hbond substituents is 1. The van der Waals surface area contributed by atoms with Crippen molar-refractivity contribution in [2.45, 2.75) is 70.0 Å². The van der Waals surface area contributed by atoms with Crippen LogP contribution in [0.2, 0.25) is 0 Å². The highest BCUT2D eigenvalue weighted by Gasteiger charge is 2.46. The first kappa shape index (κ1) is 30.6. The zero-order valence-electron chi connectivity index (χ0n) is 24.6. The van der Waals surface area contributed by atoms with Gasteiger partial charge in [-0.25, -0.2) is 13.2 Å². The van der Waals surface area contributed by atoms with Gasteiger partial charge in [0.05, 0.1) is 37.3 Å². The normalized spacial score (nSPS) is 23.8. The molecular formula is C30H41N3O8S. The van der Waals surface area contributed by atoms with Crippen LogP contribution in [0.4, 0.5) is 10.5 Å². The summed E-state index contributed by atoms with van der Waals surface area (Å²) in [6, 6.07) is 9.86. The highest BCUT2D eigenvalue weighted by Crippen LogP contribution is 2.35. The summed E-state index contributed by atoms with van der Waals surface area (Å²) < 4.78 is 52.1. The number of carbonyl (C=O) groups excluding carboxylic acids is 1. The van der Waals surface area contributed by atoms with E-state index in [9.17, 15) is 18.3 Å². The lowest BCUT2D eigenvalue weighted by Gasteiger charge is -2.34. The molecule has 11 nitrogen and oxygen atoms in total. The summed E-state index contributed by atoms with van der Waals surface area (Å²) in [6.45, 7) is 9.00. The molecule has 5 rings (SSSR count). The summed E-state index contributed by atoms with van der Waals surface area (Å²) in [7, 11) is -4.40. The van der Waals surface area contributed by atoms with Gasteiger partial charge in [-0.1, -0.05) is 26.0 Å². The van der Waals surface area contributed by atoms with E-state index in [4.69, 9.17) is 24.7 Å². The minimum absolute atomic E-state index is 0.0790. The second-order valence-electron chi connectivity index (χ2n) is 12.1. The van der Waals surface area contributed by atoms with Crippen LogP contribution in [0.1, 0.15) is 50.8 Å². The molecule has 3 aliphatic rings. The second kappa shape index (κ2) is 12.0. The van der Waals surface area contributed by atoms with Crippen molar-refractivity contribution in [1.29, 1.82) is 0 Å². The van der Waals surface area contributed by atoms with Crippen LogP contribution in [0.5, 0.6) is 5.75 Å². The number of hydrogen-bond acceptors (Lipinski definition) is 10. The van der Waals surface area contributed by atoms with Crippen molar-refractivity contribution >= 4 is 21.8 Å². The molecule has 3 fully saturated rings. The fourth-order valence-electron chi connectivity index (χ4n) is 5.79. The lowest BCUT2D eigenvalue weighted by molar-refractivity contribution is -0.0908. The smallest absolute Gasteiger partial charge is 0.425 e. The van der Waals surface area contributed by atoms with Crippen molar-refractivity contribution in [2.75, 3.05) is 38.8 Å². The predicted molar refractivity (Wildman–Crippen MR) is 155 cm³/mol. The Morgan fingerprint density at radius 1 is 1.19 bits per heavy atom. The van der Waals surface area contributed by atoms with Crippen molar-refractivity contribution in [3.05, 3.63) is 53.1 Å². The molecule has 2 aromatic rings. The number of phenols is 1. The summed E-state index contributed by atoms with van der Waals surface area (Å²) in [5.74, 6) is 0.236. The maximum Gasteiger partial charge on any atom is 0.425 e. The highest BCUT2D eigenvalue weighted by atomic mass is 32.2. The van der Waals surface area contributed by atoms with Gasteiger partial charge in [0.15, 0.2) is 6.29 Å². The molecule has 0 aliphatic carbocycles. The van der Waals surface area contributed by atoms with Gasteiger partial charge in [0.2, 0.25) is 0 Å². The number of fused-ring (bicyclic) bond motifs is 1. The van der Waals surface area contributed by atoms with E-state index in [-0.39, 0.29) is 35.8 Å². The van der Waals surface area contributed by atoms with Gasteiger partial charge in [-0.15, -0.1) is 0 Å². The molecule has 0 radical (unpaired) electrons. The maximum absolute atomic E-state index is 14.3. The number of sulfonamides is 1. The molecule has 12 heteroatoms. The number of benzene rings is 2. The number of anilines is 1. The largest absolute Gasteiger partial charge is 0.508 e. The minimum Gasteiger partial charge on any atom is -0.508 e. The van der Waals surface area contributed by atoms with Crippen molar-refractivity contribution < 1.29 is 37.3 Å². The van der Waals surface area contributed by atoms with E-state index in [1.807, 2.05) is 39.8 Å². The fourth-order valence-corrected chi connectivity index (χ4v) is 7.14. The summed E-state index contributed by atoms with van der Waals surface area (Å²) in [4.78, 5) is 15.4. The van der Waals surface area contributed by atoms with Crippen molar-refractivity contribution in [2.24, 2.45) is 11.8 Å². The van der Waals surface area contributed by atoms with Crippen molar-refractivity contribution in [3.8, 4) is 5.75 Å². The van der Waals surface area contributed by atoms with Crippen LogP contribution in [0.3, 0.4) is 0 Å². The molecule has 1 amide bonds. The van der Waals surface area contributed by atoms with Crippen molar-refractivity contribution in [3.63, 3.8) is 0 Å². The number of nitrogens with zero attached hydrogens (tertiary/aromatic N) is 2. The number of nitrogens with two attached hydrogens (primary N) is 1. The Morgan fingerprint density at radius 3 is 2.60 bits per heavy atom. The van der Waals surface area contributed by atoms with Gasteiger partial charge >= 0.3 is 6.09 Å². The standard InChI is InChI=1S/C30H41N3O8S/c1-19(2)13-21-15-23(16-26(31)25(21)14-20-5-7-22(34)8-6-20)42(36,37)33(18-32-10-12-40-30(32,3)4)29(35)41-27-17-39-28-24(27)9-11-38-28/h5-8,15-16,19,24,27-28,34H,9-14,17-18,31H2,1-4H3/t24-,27-,28+/m0/s1. The number of carbonyl (C=O) groups is 1. The van der Waals surface area contributed by atoms with Gasteiger partial charge in [-0.3, -0.25) is 4.90 Å². The van der Waals surface area contributed by atoms with Gasteiger partial charge in [0.25, 0.3) is 10.0 Å². The van der Waals surface area contributed by atoms with Crippen LogP contribution in [0, 0.1) is 11.8 Å². The number of nitrogen functional groups attached to an aromatic ring is 1. The molecule has 42 heavy (non-hydrogen) atoms. The summed E-state index contributed by atoms with van der Waals surface area (Å²) in [5.41, 5.74) is 8.60. The third kappa shape index (κ3) is 6.37. The van der Waals surface area contributed by atoms with Crippen LogP contribution >= 0.6 is 0 Å². The Kier molecular flexibility index (Phi) is 8.73. The summed E-state index contributed by atoms with van der Waals surface area (Å²) in [5, 5.41) is 9.68. The third-order valence-corrected chi connectivity index (χ3v) is 9.88. The first-order chi connectivity index (χ1) is 19.8. The first-order valence-corrected chi connectivity index (χ1v) is 15.8. The topological polar surface area (TPSA) is 141 Å². The maximum atomic E-state index is 14.3. The molecule has 3 saturated heterocycles. The molecule has 0 bridgehead atoms. The molecule has 3 N–H and O–H groups in total. The van der Waals surface area contributed by atoms with Crippen molar-refractivity contribution in [1.82, 2.24) is 9.21 Å². The van der Waals surface area contributed by atoms with E-state index in [1.54, 1.807) is 23.1 Å². The molecule has 230 valence electrons. The monoisotopic (exact) mass is 603 g/mol. The van der Waals surface area contributed by atoms with Crippen LogP contribution in [0.25, 0.3) is 0 Å². The Bertz CT molecular complexity index is 1400. The average Bonchev–Trinajstić information content (AvgIpc) is 3.62. The Hall–Kier alpha value is -2.90. The van der Waals surface area contributed by atoms with Gasteiger partial charge in [-0.2, -0.15) is 4.31 Å². The van der Waals surface area contributed by atoms with Crippen LogP contribution < -0.4 is 5.73 Å². The predicted octanol–water partition coefficient (Wildman–Crippen LogP) is 3.68. The molecule has 0 aromatic heterocycles. The van der Waals surface area contributed by atoms with E-state index in [1.165, 1.54) is 6.07 Å². The van der Waals surface area contributed by atoms with Gasteiger partial charge < -0.3 is 29.8 Å². The third-order valence-electron chi connectivity index (χ3n) is 8.20. The summed E-state index contributed by atoms with van der Waals surface area (Å²) in [6.07, 6.45) is -0.318. The van der Waals surface area contributed by atoms with E-state index in [2.05, 4.69) is 0 Å². The molecular weight excluding hydrogens is 562 g/mol. The molecule has 2 aromatic carbocycles. The minimum atomic E-state index is -4.40.